The van der Waals surface area contributed by atoms with E-state index in [4.69, 9.17) is 0 Å². The lowest BCUT2D eigenvalue weighted by Gasteiger charge is -1.96. The maximum Gasteiger partial charge on any atom is 0.303 e. The van der Waals surface area contributed by atoms with Gasteiger partial charge in [0.25, 0.3) is 0 Å². The summed E-state index contributed by atoms with van der Waals surface area (Å²) in [4.78, 5) is 14.0. The standard InChI is InChI=1S/C11H10FNO2/c1-8-10(5-6-11(12)13-8)4-3-7-15-9(2)14/h5-6H,7H2,1-2H3. The molecule has 1 aromatic heterocycles. The Morgan fingerprint density at radius 2 is 2.33 bits per heavy atom. The zero-order chi connectivity index (χ0) is 11.3. The number of ether oxygens (including phenoxy) is 1. The van der Waals surface area contributed by atoms with Crippen LogP contribution < -0.4 is 0 Å². The lowest BCUT2D eigenvalue weighted by molar-refractivity contribution is -0.139. The Kier molecular flexibility index (Phi) is 3.81. The van der Waals surface area contributed by atoms with Crippen molar-refractivity contribution in [3.63, 3.8) is 0 Å². The Morgan fingerprint density at radius 3 is 2.93 bits per heavy atom. The zero-order valence-corrected chi connectivity index (χ0v) is 8.50. The second-order valence-corrected chi connectivity index (χ2v) is 2.85. The molecule has 0 fully saturated rings. The first kappa shape index (κ1) is 11.2. The van der Waals surface area contributed by atoms with E-state index in [-0.39, 0.29) is 12.6 Å². The van der Waals surface area contributed by atoms with Crippen molar-refractivity contribution in [1.29, 1.82) is 0 Å². The lowest BCUT2D eigenvalue weighted by atomic mass is 10.2. The van der Waals surface area contributed by atoms with Crippen LogP contribution in [0.1, 0.15) is 18.2 Å². The van der Waals surface area contributed by atoms with E-state index in [1.165, 1.54) is 13.0 Å². The van der Waals surface area contributed by atoms with Gasteiger partial charge >= 0.3 is 5.97 Å². The molecule has 4 heteroatoms. The number of nitrogens with zero attached hydrogens (tertiary/aromatic N) is 1. The van der Waals surface area contributed by atoms with Crippen molar-refractivity contribution < 1.29 is 13.9 Å². The molecule has 0 aliphatic rings. The van der Waals surface area contributed by atoms with Crippen molar-refractivity contribution in [1.82, 2.24) is 4.98 Å². The van der Waals surface area contributed by atoms with Gasteiger partial charge in [0.1, 0.15) is 0 Å². The third-order valence-electron chi connectivity index (χ3n) is 1.62. The minimum Gasteiger partial charge on any atom is -0.453 e. The molecule has 0 aliphatic carbocycles. The number of carbonyl (C=O) groups is 1. The summed E-state index contributed by atoms with van der Waals surface area (Å²) in [5.74, 6) is 4.47. The van der Waals surface area contributed by atoms with E-state index in [9.17, 15) is 9.18 Å². The predicted molar refractivity (Wildman–Crippen MR) is 52.4 cm³/mol. The number of aryl methyl sites for hydroxylation is 1. The fourth-order valence-electron chi connectivity index (χ4n) is 0.932. The molecule has 0 N–H and O–H groups in total. The average molecular weight is 207 g/mol. The van der Waals surface area contributed by atoms with Crippen LogP contribution in [0.5, 0.6) is 0 Å². The largest absolute Gasteiger partial charge is 0.453 e. The number of carbonyl (C=O) groups excluding carboxylic acids is 1. The highest BCUT2D eigenvalue weighted by atomic mass is 19.1. The number of pyridine rings is 1. The molecule has 0 bridgehead atoms. The summed E-state index contributed by atoms with van der Waals surface area (Å²) >= 11 is 0. The van der Waals surface area contributed by atoms with Gasteiger partial charge in [-0.15, -0.1) is 0 Å². The predicted octanol–water partition coefficient (Wildman–Crippen LogP) is 1.44. The molecule has 15 heavy (non-hydrogen) atoms. The molecule has 1 rings (SSSR count). The van der Waals surface area contributed by atoms with E-state index in [0.29, 0.717) is 11.3 Å². The van der Waals surface area contributed by atoms with E-state index in [0.717, 1.165) is 0 Å². The van der Waals surface area contributed by atoms with E-state index in [1.54, 1.807) is 13.0 Å². The molecule has 1 heterocycles. The summed E-state index contributed by atoms with van der Waals surface area (Å²) < 4.78 is 17.2. The number of hydrogen-bond acceptors (Lipinski definition) is 3. The van der Waals surface area contributed by atoms with Crippen LogP contribution in [0.4, 0.5) is 4.39 Å². The molecule has 0 spiro atoms. The maximum absolute atomic E-state index is 12.6. The van der Waals surface area contributed by atoms with Gasteiger partial charge in [-0.05, 0) is 19.1 Å². The van der Waals surface area contributed by atoms with Gasteiger partial charge in [-0.3, -0.25) is 4.79 Å². The topological polar surface area (TPSA) is 39.2 Å². The highest BCUT2D eigenvalue weighted by molar-refractivity contribution is 5.66. The first-order chi connectivity index (χ1) is 7.09. The van der Waals surface area contributed by atoms with Gasteiger partial charge in [0, 0.05) is 12.5 Å². The normalized spacial score (nSPS) is 9.00. The van der Waals surface area contributed by atoms with E-state index in [1.807, 2.05) is 0 Å². The highest BCUT2D eigenvalue weighted by Crippen LogP contribution is 2.03. The van der Waals surface area contributed by atoms with Gasteiger partial charge in [-0.1, -0.05) is 11.8 Å². The molecule has 0 radical (unpaired) electrons. The zero-order valence-electron chi connectivity index (χ0n) is 8.50. The number of aromatic nitrogens is 1. The molecular formula is C11H10FNO2. The van der Waals surface area contributed by atoms with Crippen LogP contribution in [0, 0.1) is 24.7 Å². The average Bonchev–Trinajstić information content (AvgIpc) is 2.14. The summed E-state index contributed by atoms with van der Waals surface area (Å²) in [6.07, 6.45) is 0. The van der Waals surface area contributed by atoms with Gasteiger partial charge in [-0.2, -0.15) is 4.39 Å². The van der Waals surface area contributed by atoms with Gasteiger partial charge in [0.05, 0.1) is 5.69 Å². The molecule has 0 saturated heterocycles. The molecular weight excluding hydrogens is 197 g/mol. The first-order valence-electron chi connectivity index (χ1n) is 4.35. The van der Waals surface area contributed by atoms with Crippen molar-refractivity contribution in [3.8, 4) is 11.8 Å². The molecule has 3 nitrogen and oxygen atoms in total. The molecule has 0 aliphatic heterocycles. The Balaban J connectivity index is 2.67. The van der Waals surface area contributed by atoms with E-state index < -0.39 is 5.95 Å². The van der Waals surface area contributed by atoms with Gasteiger partial charge < -0.3 is 4.74 Å². The second-order valence-electron chi connectivity index (χ2n) is 2.85. The van der Waals surface area contributed by atoms with Crippen LogP contribution in [-0.4, -0.2) is 17.6 Å². The minimum absolute atomic E-state index is 0.0339. The summed E-state index contributed by atoms with van der Waals surface area (Å²) in [6, 6.07) is 2.78. The van der Waals surface area contributed by atoms with Crippen LogP contribution in [0.2, 0.25) is 0 Å². The van der Waals surface area contributed by atoms with Crippen molar-refractivity contribution in [2.24, 2.45) is 0 Å². The third-order valence-corrected chi connectivity index (χ3v) is 1.62. The fraction of sp³-hybridized carbons (Fsp3) is 0.273. The number of esters is 1. The molecule has 0 aromatic carbocycles. The molecule has 1 aromatic rings. The summed E-state index contributed by atoms with van der Waals surface area (Å²) in [5.41, 5.74) is 1.15. The Labute approximate surface area is 87.3 Å². The maximum atomic E-state index is 12.6. The van der Waals surface area contributed by atoms with Crippen LogP contribution in [0.3, 0.4) is 0 Å². The highest BCUT2D eigenvalue weighted by Gasteiger charge is 1.97. The lowest BCUT2D eigenvalue weighted by Crippen LogP contribution is -1.98. The van der Waals surface area contributed by atoms with Crippen LogP contribution in [0.15, 0.2) is 12.1 Å². The number of hydrogen-bond donors (Lipinski definition) is 0. The van der Waals surface area contributed by atoms with E-state index >= 15 is 0 Å². The van der Waals surface area contributed by atoms with Crippen LogP contribution in [-0.2, 0) is 9.53 Å². The summed E-state index contributed by atoms with van der Waals surface area (Å²) in [6.45, 7) is 3.01. The number of halogens is 1. The van der Waals surface area contributed by atoms with Crippen molar-refractivity contribution >= 4 is 5.97 Å². The molecule has 0 saturated carbocycles. The Morgan fingerprint density at radius 1 is 1.60 bits per heavy atom. The second kappa shape index (κ2) is 5.11. The van der Waals surface area contributed by atoms with Crippen molar-refractivity contribution in [3.05, 3.63) is 29.3 Å². The van der Waals surface area contributed by atoms with Crippen molar-refractivity contribution in [2.75, 3.05) is 6.61 Å². The van der Waals surface area contributed by atoms with Gasteiger partial charge in [0.2, 0.25) is 5.95 Å². The smallest absolute Gasteiger partial charge is 0.303 e. The first-order valence-corrected chi connectivity index (χ1v) is 4.35. The van der Waals surface area contributed by atoms with Gasteiger partial charge in [0.15, 0.2) is 6.61 Å². The van der Waals surface area contributed by atoms with Crippen LogP contribution >= 0.6 is 0 Å². The molecule has 0 amide bonds. The van der Waals surface area contributed by atoms with Crippen molar-refractivity contribution in [2.45, 2.75) is 13.8 Å². The minimum atomic E-state index is -0.530. The molecule has 0 unspecified atom stereocenters. The van der Waals surface area contributed by atoms with E-state index in [2.05, 4.69) is 21.6 Å². The van der Waals surface area contributed by atoms with Gasteiger partial charge in [-0.25, -0.2) is 4.98 Å². The van der Waals surface area contributed by atoms with Crippen LogP contribution in [0.25, 0.3) is 0 Å². The molecule has 0 atom stereocenters. The third kappa shape index (κ3) is 3.77. The summed E-state index contributed by atoms with van der Waals surface area (Å²) in [5, 5.41) is 0. The quantitative estimate of drug-likeness (QED) is 0.397. The SMILES string of the molecule is CC(=O)OCC#Cc1ccc(F)nc1C. The fourth-order valence-corrected chi connectivity index (χ4v) is 0.932. The Bertz CT molecular complexity index is 432. The monoisotopic (exact) mass is 207 g/mol. The number of rotatable bonds is 1. The molecule has 78 valence electrons. The Hall–Kier alpha value is -1.89. The summed E-state index contributed by atoms with van der Waals surface area (Å²) in [7, 11) is 0.